The molecular weight excluding hydrogens is 374 g/mol. The molecule has 0 aromatic heterocycles. The van der Waals surface area contributed by atoms with Crippen LogP contribution in [0.15, 0.2) is 0 Å². The number of aliphatic carboxylic acids is 1. The first-order valence-electron chi connectivity index (χ1n) is 8.69. The number of hydrogen-bond donors (Lipinski definition) is 7. The summed E-state index contributed by atoms with van der Waals surface area (Å²) in [5.74, 6) is -4.72. The summed E-state index contributed by atoms with van der Waals surface area (Å²) in [5.41, 5.74) is 10.5. The number of carbonyl (C=O) groups excluding carboxylic acids is 4. The van der Waals surface area contributed by atoms with E-state index in [0.717, 1.165) is 0 Å². The predicted octanol–water partition coefficient (Wildman–Crippen LogP) is -3.21. The van der Waals surface area contributed by atoms with E-state index in [2.05, 4.69) is 16.0 Å². The first-order chi connectivity index (χ1) is 12.9. The second-order valence-electron chi connectivity index (χ2n) is 6.68. The molecule has 0 saturated heterocycles. The monoisotopic (exact) mass is 403 g/mol. The lowest BCUT2D eigenvalue weighted by Gasteiger charge is -2.23. The van der Waals surface area contributed by atoms with E-state index in [1.54, 1.807) is 13.8 Å². The third kappa shape index (κ3) is 9.28. The van der Waals surface area contributed by atoms with Gasteiger partial charge in [0.25, 0.3) is 0 Å². The maximum atomic E-state index is 12.4. The number of amides is 4. The average Bonchev–Trinajstić information content (AvgIpc) is 2.59. The van der Waals surface area contributed by atoms with Crippen LogP contribution in [-0.2, 0) is 24.0 Å². The average molecular weight is 403 g/mol. The van der Waals surface area contributed by atoms with Crippen molar-refractivity contribution in [2.45, 2.75) is 57.8 Å². The minimum absolute atomic E-state index is 0.154. The summed E-state index contributed by atoms with van der Waals surface area (Å²) >= 11 is 0. The summed E-state index contributed by atoms with van der Waals surface area (Å²) in [7, 11) is 0. The van der Waals surface area contributed by atoms with Crippen molar-refractivity contribution >= 4 is 29.6 Å². The summed E-state index contributed by atoms with van der Waals surface area (Å²) in [6, 6.07) is -3.66. The number of carbonyl (C=O) groups is 5. The van der Waals surface area contributed by atoms with Gasteiger partial charge in [-0.05, 0) is 19.3 Å². The SMILES string of the molecule is CC(C)C(NC(=O)C(CCC(N)=O)NC(=O)CNC(=O)C(N)C(C)O)C(=O)O. The first-order valence-corrected chi connectivity index (χ1v) is 8.69. The van der Waals surface area contributed by atoms with Gasteiger partial charge in [-0.25, -0.2) is 4.79 Å². The van der Waals surface area contributed by atoms with Crippen molar-refractivity contribution in [2.75, 3.05) is 6.54 Å². The van der Waals surface area contributed by atoms with Crippen LogP contribution in [0.5, 0.6) is 0 Å². The number of nitrogens with one attached hydrogen (secondary N) is 3. The molecule has 0 bridgehead atoms. The van der Waals surface area contributed by atoms with Gasteiger partial charge in [-0.1, -0.05) is 13.8 Å². The zero-order chi connectivity index (χ0) is 22.0. The molecule has 0 radical (unpaired) electrons. The van der Waals surface area contributed by atoms with Crippen LogP contribution in [0.1, 0.15) is 33.6 Å². The van der Waals surface area contributed by atoms with Crippen LogP contribution in [0.2, 0.25) is 0 Å². The number of nitrogens with two attached hydrogens (primary N) is 2. The number of aliphatic hydroxyl groups excluding tert-OH is 1. The molecule has 0 rings (SSSR count). The lowest BCUT2D eigenvalue weighted by Crippen LogP contribution is -2.55. The fourth-order valence-electron chi connectivity index (χ4n) is 2.07. The van der Waals surface area contributed by atoms with Gasteiger partial charge in [-0.3, -0.25) is 19.2 Å². The first kappa shape index (κ1) is 25.3. The minimum Gasteiger partial charge on any atom is -0.480 e. The van der Waals surface area contributed by atoms with Gasteiger partial charge in [0.15, 0.2) is 0 Å². The molecule has 28 heavy (non-hydrogen) atoms. The number of carboxylic acid groups (broad SMARTS) is 1. The number of primary amides is 1. The highest BCUT2D eigenvalue weighted by Crippen LogP contribution is 2.04. The summed E-state index contributed by atoms with van der Waals surface area (Å²) in [5, 5.41) is 25.2. The summed E-state index contributed by atoms with van der Waals surface area (Å²) in [4.78, 5) is 58.2. The quantitative estimate of drug-likeness (QED) is 0.175. The molecule has 160 valence electrons. The van der Waals surface area contributed by atoms with Crippen molar-refractivity contribution in [3.05, 3.63) is 0 Å². The van der Waals surface area contributed by atoms with Gasteiger partial charge in [0.1, 0.15) is 18.1 Å². The van der Waals surface area contributed by atoms with Crippen LogP contribution < -0.4 is 27.4 Å². The molecule has 0 aliphatic rings. The van der Waals surface area contributed by atoms with Gasteiger partial charge in [-0.15, -0.1) is 0 Å². The Bertz CT molecular complexity index is 594. The molecule has 0 aliphatic carbocycles. The van der Waals surface area contributed by atoms with E-state index in [-0.39, 0.29) is 12.8 Å². The Morgan fingerprint density at radius 1 is 1.00 bits per heavy atom. The van der Waals surface area contributed by atoms with Crippen LogP contribution in [0.25, 0.3) is 0 Å². The fourth-order valence-corrected chi connectivity index (χ4v) is 2.07. The van der Waals surface area contributed by atoms with Crippen molar-refractivity contribution in [3.63, 3.8) is 0 Å². The molecule has 0 aromatic rings. The normalized spacial score (nSPS) is 15.1. The number of aliphatic hydroxyl groups is 1. The van der Waals surface area contributed by atoms with Crippen molar-refractivity contribution in [2.24, 2.45) is 17.4 Å². The third-order valence-electron chi connectivity index (χ3n) is 3.81. The van der Waals surface area contributed by atoms with Crippen molar-refractivity contribution in [1.82, 2.24) is 16.0 Å². The number of carboxylic acids is 1. The minimum atomic E-state index is -1.25. The van der Waals surface area contributed by atoms with Crippen LogP contribution in [-0.4, -0.2) is 70.6 Å². The van der Waals surface area contributed by atoms with Crippen LogP contribution in [0.3, 0.4) is 0 Å². The molecular formula is C16H29N5O7. The molecule has 0 aliphatic heterocycles. The largest absolute Gasteiger partial charge is 0.480 e. The molecule has 4 unspecified atom stereocenters. The second-order valence-corrected chi connectivity index (χ2v) is 6.68. The molecule has 0 spiro atoms. The van der Waals surface area contributed by atoms with E-state index in [4.69, 9.17) is 16.6 Å². The van der Waals surface area contributed by atoms with Crippen LogP contribution in [0, 0.1) is 5.92 Å². The maximum absolute atomic E-state index is 12.4. The van der Waals surface area contributed by atoms with E-state index >= 15 is 0 Å². The number of rotatable bonds is 12. The van der Waals surface area contributed by atoms with Crippen LogP contribution in [0.4, 0.5) is 0 Å². The molecule has 0 fully saturated rings. The number of hydrogen-bond acceptors (Lipinski definition) is 7. The Morgan fingerprint density at radius 2 is 1.57 bits per heavy atom. The van der Waals surface area contributed by atoms with Gasteiger partial charge >= 0.3 is 5.97 Å². The maximum Gasteiger partial charge on any atom is 0.326 e. The van der Waals surface area contributed by atoms with Gasteiger partial charge in [-0.2, -0.15) is 0 Å². The predicted molar refractivity (Wildman–Crippen MR) is 97.4 cm³/mol. The van der Waals surface area contributed by atoms with E-state index in [1.807, 2.05) is 0 Å². The summed E-state index contributed by atoms with van der Waals surface area (Å²) in [6.45, 7) is 3.96. The zero-order valence-electron chi connectivity index (χ0n) is 16.1. The topological polar surface area (TPSA) is 214 Å². The van der Waals surface area contributed by atoms with Crippen molar-refractivity contribution < 1.29 is 34.2 Å². The molecule has 0 heterocycles. The third-order valence-corrected chi connectivity index (χ3v) is 3.81. The van der Waals surface area contributed by atoms with Gasteiger partial charge in [0.2, 0.25) is 23.6 Å². The molecule has 9 N–H and O–H groups in total. The Balaban J connectivity index is 4.97. The van der Waals surface area contributed by atoms with E-state index in [0.29, 0.717) is 0 Å². The van der Waals surface area contributed by atoms with E-state index < -0.39 is 66.3 Å². The Labute approximate surface area is 162 Å². The summed E-state index contributed by atoms with van der Waals surface area (Å²) in [6.07, 6.45) is -1.50. The molecule has 12 heteroatoms. The Hall–Kier alpha value is -2.73. The molecule has 4 atom stereocenters. The Kier molecular flexibility index (Phi) is 10.7. The standard InChI is InChI=1S/C16H29N5O7/c1-7(2)13(16(27)28)21-14(25)9(4-5-10(17)23)20-11(24)6-19-15(26)12(18)8(3)22/h7-9,12-13,22H,4-6,18H2,1-3H3,(H2,17,23)(H,19,26)(H,20,24)(H,21,25)(H,27,28). The lowest BCUT2D eigenvalue weighted by molar-refractivity contribution is -0.143. The highest BCUT2D eigenvalue weighted by atomic mass is 16.4. The van der Waals surface area contributed by atoms with Gasteiger partial charge in [0.05, 0.1) is 12.6 Å². The highest BCUT2D eigenvalue weighted by molar-refractivity contribution is 5.93. The van der Waals surface area contributed by atoms with Gasteiger partial charge in [0, 0.05) is 6.42 Å². The lowest BCUT2D eigenvalue weighted by atomic mass is 10.0. The fraction of sp³-hybridized carbons (Fsp3) is 0.688. The van der Waals surface area contributed by atoms with Gasteiger partial charge < -0.3 is 37.6 Å². The highest BCUT2D eigenvalue weighted by Gasteiger charge is 2.29. The molecule has 0 saturated carbocycles. The Morgan fingerprint density at radius 3 is 2.00 bits per heavy atom. The molecule has 4 amide bonds. The van der Waals surface area contributed by atoms with Crippen molar-refractivity contribution in [3.8, 4) is 0 Å². The smallest absolute Gasteiger partial charge is 0.326 e. The van der Waals surface area contributed by atoms with Crippen LogP contribution >= 0.6 is 0 Å². The zero-order valence-corrected chi connectivity index (χ0v) is 16.1. The molecule has 0 aromatic carbocycles. The van der Waals surface area contributed by atoms with Crippen molar-refractivity contribution in [1.29, 1.82) is 0 Å². The second kappa shape index (κ2) is 11.9. The summed E-state index contributed by atoms with van der Waals surface area (Å²) < 4.78 is 0. The van der Waals surface area contributed by atoms with E-state index in [9.17, 15) is 29.1 Å². The molecule has 12 nitrogen and oxygen atoms in total. The van der Waals surface area contributed by atoms with E-state index in [1.165, 1.54) is 6.92 Å².